The molecule has 0 atom stereocenters. The number of para-hydroxylation sites is 1. The third-order valence-corrected chi connectivity index (χ3v) is 2.95. The molecule has 0 aliphatic heterocycles. The smallest absolute Gasteiger partial charge is 0.221 e. The number of aromatic amines is 1. The van der Waals surface area contributed by atoms with Gasteiger partial charge in [0.2, 0.25) is 5.91 Å². The molecule has 0 aliphatic carbocycles. The van der Waals surface area contributed by atoms with Crippen LogP contribution >= 0.6 is 0 Å². The van der Waals surface area contributed by atoms with Gasteiger partial charge in [0.15, 0.2) is 0 Å². The van der Waals surface area contributed by atoms with Crippen LogP contribution in [0.5, 0.6) is 0 Å². The van der Waals surface area contributed by atoms with Crippen LogP contribution in [0.15, 0.2) is 48.5 Å². The Morgan fingerprint density at radius 2 is 1.84 bits per heavy atom. The van der Waals surface area contributed by atoms with Crippen LogP contribution in [0.2, 0.25) is 0 Å². The highest BCUT2D eigenvalue weighted by atomic mass is 16.1. The van der Waals surface area contributed by atoms with E-state index in [9.17, 15) is 4.79 Å². The lowest BCUT2D eigenvalue weighted by molar-refractivity contribution is -0.114. The molecule has 0 saturated heterocycles. The Labute approximate surface area is 110 Å². The van der Waals surface area contributed by atoms with Crippen molar-refractivity contribution in [2.45, 2.75) is 6.92 Å². The Kier molecular flexibility index (Phi) is 2.76. The largest absolute Gasteiger partial charge is 0.326 e. The van der Waals surface area contributed by atoms with Crippen molar-refractivity contribution in [3.63, 3.8) is 0 Å². The second-order valence-electron chi connectivity index (χ2n) is 4.38. The van der Waals surface area contributed by atoms with Gasteiger partial charge in [0.1, 0.15) is 0 Å². The normalized spacial score (nSPS) is 10.6. The molecule has 94 valence electrons. The predicted octanol–water partition coefficient (Wildman–Crippen LogP) is 3.19. The van der Waals surface area contributed by atoms with E-state index < -0.39 is 0 Å². The zero-order valence-corrected chi connectivity index (χ0v) is 10.5. The molecule has 1 heterocycles. The van der Waals surface area contributed by atoms with Crippen LogP contribution in [0.25, 0.3) is 22.2 Å². The van der Waals surface area contributed by atoms with Crippen LogP contribution in [-0.4, -0.2) is 16.1 Å². The van der Waals surface area contributed by atoms with E-state index in [0.717, 1.165) is 27.8 Å². The fourth-order valence-corrected chi connectivity index (χ4v) is 2.10. The van der Waals surface area contributed by atoms with Gasteiger partial charge < -0.3 is 5.32 Å². The number of amides is 1. The van der Waals surface area contributed by atoms with Gasteiger partial charge in [-0.3, -0.25) is 9.89 Å². The highest BCUT2D eigenvalue weighted by Crippen LogP contribution is 2.26. The summed E-state index contributed by atoms with van der Waals surface area (Å²) in [4.78, 5) is 11.0. The summed E-state index contributed by atoms with van der Waals surface area (Å²) < 4.78 is 0. The molecule has 3 rings (SSSR count). The van der Waals surface area contributed by atoms with E-state index in [0.29, 0.717) is 0 Å². The van der Waals surface area contributed by atoms with E-state index in [-0.39, 0.29) is 5.91 Å². The molecule has 0 fully saturated rings. The second-order valence-corrected chi connectivity index (χ2v) is 4.38. The lowest BCUT2D eigenvalue weighted by Gasteiger charge is -2.03. The average Bonchev–Trinajstić information content (AvgIpc) is 2.83. The number of fused-ring (bicyclic) bond motifs is 1. The third-order valence-electron chi connectivity index (χ3n) is 2.95. The Morgan fingerprint density at radius 1 is 1.11 bits per heavy atom. The van der Waals surface area contributed by atoms with Gasteiger partial charge in [-0.25, -0.2) is 0 Å². The maximum Gasteiger partial charge on any atom is 0.221 e. The molecule has 0 bridgehead atoms. The van der Waals surface area contributed by atoms with Gasteiger partial charge >= 0.3 is 0 Å². The van der Waals surface area contributed by atoms with Crippen molar-refractivity contribution in [1.29, 1.82) is 0 Å². The maximum atomic E-state index is 11.0. The summed E-state index contributed by atoms with van der Waals surface area (Å²) in [5, 5.41) is 11.2. The number of hydrogen-bond acceptors (Lipinski definition) is 2. The van der Waals surface area contributed by atoms with Gasteiger partial charge in [-0.1, -0.05) is 30.3 Å². The van der Waals surface area contributed by atoms with Crippen molar-refractivity contribution < 1.29 is 4.79 Å². The molecule has 0 aliphatic rings. The minimum atomic E-state index is -0.0713. The van der Waals surface area contributed by atoms with Gasteiger partial charge in [-0.05, 0) is 18.2 Å². The summed E-state index contributed by atoms with van der Waals surface area (Å²) >= 11 is 0. The first-order chi connectivity index (χ1) is 9.24. The van der Waals surface area contributed by atoms with Gasteiger partial charge in [0.05, 0.1) is 11.2 Å². The van der Waals surface area contributed by atoms with E-state index in [2.05, 4.69) is 15.5 Å². The van der Waals surface area contributed by atoms with Crippen LogP contribution in [0.1, 0.15) is 6.92 Å². The quantitative estimate of drug-likeness (QED) is 0.734. The van der Waals surface area contributed by atoms with Crippen LogP contribution in [0.4, 0.5) is 5.69 Å². The highest BCUT2D eigenvalue weighted by molar-refractivity contribution is 5.93. The number of hydrogen-bond donors (Lipinski definition) is 2. The summed E-state index contributed by atoms with van der Waals surface area (Å²) in [5.41, 5.74) is 3.75. The number of carbonyl (C=O) groups excluding carboxylic acids is 1. The molecule has 4 nitrogen and oxygen atoms in total. The molecule has 2 aromatic carbocycles. The van der Waals surface area contributed by atoms with Crippen LogP contribution < -0.4 is 5.32 Å². The summed E-state index contributed by atoms with van der Waals surface area (Å²) in [6.45, 7) is 1.50. The number of nitrogens with one attached hydrogen (secondary N) is 2. The highest BCUT2D eigenvalue weighted by Gasteiger charge is 2.07. The fourth-order valence-electron chi connectivity index (χ4n) is 2.10. The molecule has 1 amide bonds. The Bertz CT molecular complexity index is 728. The number of aromatic nitrogens is 2. The van der Waals surface area contributed by atoms with Gasteiger partial charge in [-0.15, -0.1) is 0 Å². The first-order valence-electron chi connectivity index (χ1n) is 6.05. The van der Waals surface area contributed by atoms with Crippen molar-refractivity contribution in [3.05, 3.63) is 48.5 Å². The summed E-state index contributed by atoms with van der Waals surface area (Å²) in [5.74, 6) is -0.0713. The van der Waals surface area contributed by atoms with Crippen molar-refractivity contribution in [2.24, 2.45) is 0 Å². The van der Waals surface area contributed by atoms with Crippen LogP contribution in [0.3, 0.4) is 0 Å². The Hall–Kier alpha value is -2.62. The SMILES string of the molecule is CC(=O)Nc1ccc(-c2n[nH]c3ccccc23)cc1. The van der Waals surface area contributed by atoms with Crippen molar-refractivity contribution in [3.8, 4) is 11.3 Å². The first kappa shape index (κ1) is 11.5. The number of H-pyrrole nitrogens is 1. The predicted molar refractivity (Wildman–Crippen MR) is 75.8 cm³/mol. The van der Waals surface area contributed by atoms with Gasteiger partial charge in [0.25, 0.3) is 0 Å². The molecular formula is C15H13N3O. The summed E-state index contributed by atoms with van der Waals surface area (Å²) in [6, 6.07) is 15.7. The number of anilines is 1. The van der Waals surface area contributed by atoms with Gasteiger partial charge in [0, 0.05) is 23.6 Å². The molecule has 2 N–H and O–H groups in total. The lowest BCUT2D eigenvalue weighted by Crippen LogP contribution is -2.05. The molecule has 0 saturated carbocycles. The standard InChI is InChI=1S/C15H13N3O/c1-10(19)16-12-8-6-11(7-9-12)15-13-4-2-3-5-14(13)17-18-15/h2-9H,1H3,(H,16,19)(H,17,18). The van der Waals surface area contributed by atoms with E-state index >= 15 is 0 Å². The summed E-state index contributed by atoms with van der Waals surface area (Å²) in [7, 11) is 0. The molecular weight excluding hydrogens is 238 g/mol. The topological polar surface area (TPSA) is 57.8 Å². The molecule has 19 heavy (non-hydrogen) atoms. The maximum absolute atomic E-state index is 11.0. The minimum absolute atomic E-state index is 0.0713. The second kappa shape index (κ2) is 4.57. The number of carbonyl (C=O) groups is 1. The van der Waals surface area contributed by atoms with Crippen LogP contribution in [0, 0.1) is 0 Å². The fraction of sp³-hybridized carbons (Fsp3) is 0.0667. The molecule has 3 aromatic rings. The van der Waals surface area contributed by atoms with Gasteiger partial charge in [-0.2, -0.15) is 5.10 Å². The van der Waals surface area contributed by atoms with Crippen LogP contribution in [-0.2, 0) is 4.79 Å². The average molecular weight is 251 g/mol. The third kappa shape index (κ3) is 2.20. The molecule has 1 aromatic heterocycles. The zero-order chi connectivity index (χ0) is 13.2. The van der Waals surface area contributed by atoms with Crippen molar-refractivity contribution >= 4 is 22.5 Å². The number of nitrogens with zero attached hydrogens (tertiary/aromatic N) is 1. The number of rotatable bonds is 2. The van der Waals surface area contributed by atoms with E-state index in [1.165, 1.54) is 6.92 Å². The van der Waals surface area contributed by atoms with E-state index in [1.807, 2.05) is 48.5 Å². The zero-order valence-electron chi connectivity index (χ0n) is 10.5. The summed E-state index contributed by atoms with van der Waals surface area (Å²) in [6.07, 6.45) is 0. The van der Waals surface area contributed by atoms with Crippen molar-refractivity contribution in [2.75, 3.05) is 5.32 Å². The molecule has 4 heteroatoms. The molecule has 0 spiro atoms. The monoisotopic (exact) mass is 251 g/mol. The van der Waals surface area contributed by atoms with E-state index in [4.69, 9.17) is 0 Å². The Balaban J connectivity index is 2.00. The minimum Gasteiger partial charge on any atom is -0.326 e. The number of benzene rings is 2. The Morgan fingerprint density at radius 3 is 2.58 bits per heavy atom. The first-order valence-corrected chi connectivity index (χ1v) is 6.05. The van der Waals surface area contributed by atoms with E-state index in [1.54, 1.807) is 0 Å². The molecule has 0 radical (unpaired) electrons. The van der Waals surface area contributed by atoms with Crippen molar-refractivity contribution in [1.82, 2.24) is 10.2 Å². The lowest BCUT2D eigenvalue weighted by atomic mass is 10.1. The molecule has 0 unspecified atom stereocenters.